The molecule has 0 spiro atoms. The summed E-state index contributed by atoms with van der Waals surface area (Å²) in [5, 5.41) is 7.34. The SMILES string of the molecule is CNc1nc([C@H]2CCCCN2C(=O)c2c(C(C)C)noc2C)nc2c1CCN(C(C)=O)C2. The monoisotopic (exact) mass is 440 g/mol. The highest BCUT2D eigenvalue weighted by molar-refractivity contribution is 5.96. The minimum absolute atomic E-state index is 0.0421. The molecule has 1 fully saturated rings. The predicted molar refractivity (Wildman–Crippen MR) is 119 cm³/mol. The molecule has 0 aliphatic carbocycles. The number of amides is 2. The first kappa shape index (κ1) is 22.2. The van der Waals surface area contributed by atoms with E-state index in [9.17, 15) is 9.59 Å². The Bertz CT molecular complexity index is 1030. The number of piperidine rings is 1. The van der Waals surface area contributed by atoms with E-state index in [-0.39, 0.29) is 23.8 Å². The number of nitrogens with one attached hydrogen (secondary N) is 1. The third-order valence-electron chi connectivity index (χ3n) is 6.48. The third kappa shape index (κ3) is 3.96. The molecule has 172 valence electrons. The van der Waals surface area contributed by atoms with Crippen LogP contribution in [0, 0.1) is 6.92 Å². The molecular weight excluding hydrogens is 408 g/mol. The first-order valence-electron chi connectivity index (χ1n) is 11.4. The van der Waals surface area contributed by atoms with Crippen LogP contribution in [0.15, 0.2) is 4.52 Å². The highest BCUT2D eigenvalue weighted by Gasteiger charge is 2.35. The van der Waals surface area contributed by atoms with Crippen molar-refractivity contribution in [2.24, 2.45) is 0 Å². The summed E-state index contributed by atoms with van der Waals surface area (Å²) >= 11 is 0. The number of anilines is 1. The quantitative estimate of drug-likeness (QED) is 0.778. The molecule has 2 aromatic rings. The second kappa shape index (κ2) is 8.88. The van der Waals surface area contributed by atoms with Gasteiger partial charge in [0.2, 0.25) is 5.91 Å². The van der Waals surface area contributed by atoms with Crippen molar-refractivity contribution in [2.45, 2.75) is 71.9 Å². The van der Waals surface area contributed by atoms with Crippen molar-refractivity contribution >= 4 is 17.6 Å². The van der Waals surface area contributed by atoms with Crippen molar-refractivity contribution in [1.29, 1.82) is 0 Å². The first-order chi connectivity index (χ1) is 15.3. The van der Waals surface area contributed by atoms with Crippen LogP contribution in [0.2, 0.25) is 0 Å². The molecule has 0 radical (unpaired) electrons. The van der Waals surface area contributed by atoms with Crippen LogP contribution in [-0.4, -0.2) is 56.9 Å². The number of carbonyl (C=O) groups excluding carboxylic acids is 2. The van der Waals surface area contributed by atoms with Gasteiger partial charge in [0.05, 0.1) is 24.0 Å². The summed E-state index contributed by atoms with van der Waals surface area (Å²) in [4.78, 5) is 39.0. The van der Waals surface area contributed by atoms with Crippen LogP contribution in [-0.2, 0) is 17.8 Å². The zero-order valence-electron chi connectivity index (χ0n) is 19.6. The second-order valence-electron chi connectivity index (χ2n) is 8.96. The van der Waals surface area contributed by atoms with E-state index >= 15 is 0 Å². The van der Waals surface area contributed by atoms with E-state index in [2.05, 4.69) is 10.5 Å². The lowest BCUT2D eigenvalue weighted by Gasteiger charge is -2.36. The van der Waals surface area contributed by atoms with E-state index in [0.717, 1.165) is 42.8 Å². The van der Waals surface area contributed by atoms with Crippen molar-refractivity contribution in [2.75, 3.05) is 25.5 Å². The molecule has 2 amide bonds. The first-order valence-corrected chi connectivity index (χ1v) is 11.4. The van der Waals surface area contributed by atoms with Crippen molar-refractivity contribution in [3.63, 3.8) is 0 Å². The second-order valence-corrected chi connectivity index (χ2v) is 8.96. The topological polar surface area (TPSA) is 104 Å². The number of nitrogens with zero attached hydrogens (tertiary/aromatic N) is 5. The molecule has 0 aromatic carbocycles. The summed E-state index contributed by atoms with van der Waals surface area (Å²) in [5.74, 6) is 2.02. The summed E-state index contributed by atoms with van der Waals surface area (Å²) in [7, 11) is 1.85. The molecule has 2 aliphatic rings. The van der Waals surface area contributed by atoms with Crippen LogP contribution >= 0.6 is 0 Å². The van der Waals surface area contributed by atoms with Crippen molar-refractivity contribution < 1.29 is 14.1 Å². The van der Waals surface area contributed by atoms with Gasteiger partial charge in [0.25, 0.3) is 5.91 Å². The van der Waals surface area contributed by atoms with Gasteiger partial charge in [-0.15, -0.1) is 0 Å². The van der Waals surface area contributed by atoms with Gasteiger partial charge in [-0.2, -0.15) is 0 Å². The van der Waals surface area contributed by atoms with E-state index in [4.69, 9.17) is 14.5 Å². The van der Waals surface area contributed by atoms with Crippen molar-refractivity contribution in [3.05, 3.63) is 34.1 Å². The van der Waals surface area contributed by atoms with Gasteiger partial charge in [0.1, 0.15) is 17.1 Å². The smallest absolute Gasteiger partial charge is 0.260 e. The molecule has 1 saturated heterocycles. The fourth-order valence-electron chi connectivity index (χ4n) is 4.70. The summed E-state index contributed by atoms with van der Waals surface area (Å²) in [6.07, 6.45) is 3.45. The molecule has 0 saturated carbocycles. The summed E-state index contributed by atoms with van der Waals surface area (Å²) < 4.78 is 5.38. The number of rotatable bonds is 4. The van der Waals surface area contributed by atoms with Gasteiger partial charge in [0.15, 0.2) is 5.82 Å². The van der Waals surface area contributed by atoms with Gasteiger partial charge in [-0.1, -0.05) is 19.0 Å². The number of carbonyl (C=O) groups is 2. The Morgan fingerprint density at radius 3 is 2.66 bits per heavy atom. The number of hydrogen-bond acceptors (Lipinski definition) is 7. The number of fused-ring (bicyclic) bond motifs is 1. The van der Waals surface area contributed by atoms with E-state index in [1.807, 2.05) is 25.8 Å². The van der Waals surface area contributed by atoms with E-state index in [1.54, 1.807) is 18.7 Å². The Balaban J connectivity index is 1.72. The summed E-state index contributed by atoms with van der Waals surface area (Å²) in [5.41, 5.74) is 3.17. The van der Waals surface area contributed by atoms with Gasteiger partial charge in [-0.25, -0.2) is 9.97 Å². The minimum atomic E-state index is -0.226. The Kier molecular flexibility index (Phi) is 6.17. The normalized spacial score (nSPS) is 18.6. The molecule has 2 aliphatic heterocycles. The highest BCUT2D eigenvalue weighted by atomic mass is 16.5. The lowest BCUT2D eigenvalue weighted by molar-refractivity contribution is -0.129. The molecule has 32 heavy (non-hydrogen) atoms. The van der Waals surface area contributed by atoms with Gasteiger partial charge in [0, 0.05) is 32.6 Å². The maximum atomic E-state index is 13.7. The highest BCUT2D eigenvalue weighted by Crippen LogP contribution is 2.35. The average molecular weight is 441 g/mol. The molecule has 4 heterocycles. The van der Waals surface area contributed by atoms with E-state index in [0.29, 0.717) is 42.5 Å². The molecule has 9 heteroatoms. The summed E-state index contributed by atoms with van der Waals surface area (Å²) in [6.45, 7) is 9.16. The Morgan fingerprint density at radius 2 is 1.97 bits per heavy atom. The van der Waals surface area contributed by atoms with Crippen LogP contribution in [0.25, 0.3) is 0 Å². The van der Waals surface area contributed by atoms with Crippen LogP contribution in [0.5, 0.6) is 0 Å². The van der Waals surface area contributed by atoms with E-state index in [1.165, 1.54) is 0 Å². The maximum Gasteiger partial charge on any atom is 0.260 e. The molecule has 2 aromatic heterocycles. The van der Waals surface area contributed by atoms with Crippen LogP contribution in [0.3, 0.4) is 0 Å². The lowest BCUT2D eigenvalue weighted by atomic mass is 9.97. The standard InChI is InChI=1S/C23H32N6O3/c1-13(2)20-19(14(3)32-27-20)23(31)29-10-7-6-8-18(29)22-25-17-12-28(15(4)30)11-9-16(17)21(24-5)26-22/h13,18H,6-12H2,1-5H3,(H,24,25,26)/t18-/m1/s1. The Morgan fingerprint density at radius 1 is 1.19 bits per heavy atom. The number of aryl methyl sites for hydroxylation is 1. The molecule has 0 bridgehead atoms. The molecule has 9 nitrogen and oxygen atoms in total. The third-order valence-corrected chi connectivity index (χ3v) is 6.48. The maximum absolute atomic E-state index is 13.7. The molecule has 4 rings (SSSR count). The fraction of sp³-hybridized carbons (Fsp3) is 0.609. The van der Waals surface area contributed by atoms with E-state index < -0.39 is 0 Å². The van der Waals surface area contributed by atoms with Gasteiger partial charge in [-0.05, 0) is 38.5 Å². The molecule has 1 atom stereocenters. The lowest BCUT2D eigenvalue weighted by Crippen LogP contribution is -2.41. The van der Waals surface area contributed by atoms with Crippen LogP contribution in [0.1, 0.15) is 90.9 Å². The van der Waals surface area contributed by atoms with Crippen LogP contribution in [0.4, 0.5) is 5.82 Å². The molecule has 1 N–H and O–H groups in total. The van der Waals surface area contributed by atoms with Gasteiger partial charge in [-0.3, -0.25) is 9.59 Å². The number of aromatic nitrogens is 3. The molecule has 0 unspecified atom stereocenters. The fourth-order valence-corrected chi connectivity index (χ4v) is 4.70. The predicted octanol–water partition coefficient (Wildman–Crippen LogP) is 3.21. The Hall–Kier alpha value is -2.97. The van der Waals surface area contributed by atoms with Crippen LogP contribution < -0.4 is 5.32 Å². The zero-order chi connectivity index (χ0) is 23.0. The number of likely N-dealkylation sites (tertiary alicyclic amines) is 1. The average Bonchev–Trinajstić information content (AvgIpc) is 3.19. The number of hydrogen-bond donors (Lipinski definition) is 1. The minimum Gasteiger partial charge on any atom is -0.373 e. The van der Waals surface area contributed by atoms with Gasteiger partial charge < -0.3 is 19.6 Å². The van der Waals surface area contributed by atoms with Gasteiger partial charge >= 0.3 is 0 Å². The summed E-state index contributed by atoms with van der Waals surface area (Å²) in [6, 6.07) is -0.226. The van der Waals surface area contributed by atoms with Crippen molar-refractivity contribution in [1.82, 2.24) is 24.9 Å². The zero-order valence-corrected chi connectivity index (χ0v) is 19.6. The largest absolute Gasteiger partial charge is 0.373 e. The molecular formula is C23H32N6O3. The Labute approximate surface area is 188 Å². The van der Waals surface area contributed by atoms with Crippen molar-refractivity contribution in [3.8, 4) is 0 Å².